The maximum Gasteiger partial charge on any atom is 0.404 e. The fraction of sp³-hybridized carbons (Fsp3) is 0.333. The van der Waals surface area contributed by atoms with Crippen molar-refractivity contribution in [1.82, 2.24) is 10.6 Å². The smallest absolute Gasteiger partial charge is 0.404 e. The van der Waals surface area contributed by atoms with E-state index in [-0.39, 0.29) is 18.3 Å². The first kappa shape index (κ1) is 15.6. The number of amides is 2. The Hall–Kier alpha value is -1.46. The van der Waals surface area contributed by atoms with Crippen LogP contribution in [0, 0.1) is 0 Å². The van der Waals surface area contributed by atoms with Crippen LogP contribution in [0.15, 0.2) is 24.3 Å². The zero-order valence-corrected chi connectivity index (χ0v) is 11.5. The number of halogens is 2. The van der Waals surface area contributed by atoms with E-state index in [0.717, 1.165) is 5.56 Å². The van der Waals surface area contributed by atoms with Crippen molar-refractivity contribution in [2.45, 2.75) is 12.5 Å². The summed E-state index contributed by atoms with van der Waals surface area (Å²) in [5, 5.41) is 14.3. The van der Waals surface area contributed by atoms with Crippen molar-refractivity contribution >= 4 is 35.2 Å². The average molecular weight is 305 g/mol. The first-order valence-corrected chi connectivity index (χ1v) is 6.49. The van der Waals surface area contributed by atoms with Gasteiger partial charge in [-0.3, -0.25) is 4.79 Å². The van der Waals surface area contributed by atoms with Crippen molar-refractivity contribution in [3.8, 4) is 0 Å². The van der Waals surface area contributed by atoms with Crippen LogP contribution in [-0.2, 0) is 11.2 Å². The number of hydrogen-bond donors (Lipinski definition) is 3. The van der Waals surface area contributed by atoms with Gasteiger partial charge in [0.1, 0.15) is 5.88 Å². The number of rotatable bonds is 6. The van der Waals surface area contributed by atoms with E-state index in [1.807, 2.05) is 12.1 Å². The third-order valence-electron chi connectivity index (χ3n) is 2.39. The lowest BCUT2D eigenvalue weighted by molar-refractivity contribution is -0.118. The molecular weight excluding hydrogens is 291 g/mol. The van der Waals surface area contributed by atoms with Gasteiger partial charge in [0.15, 0.2) is 0 Å². The van der Waals surface area contributed by atoms with Gasteiger partial charge in [0.25, 0.3) is 0 Å². The number of hydrogen-bond acceptors (Lipinski definition) is 2. The lowest BCUT2D eigenvalue weighted by Gasteiger charge is -2.17. The van der Waals surface area contributed by atoms with Crippen LogP contribution in [0.5, 0.6) is 0 Å². The van der Waals surface area contributed by atoms with Crippen molar-refractivity contribution in [2.75, 3.05) is 12.4 Å². The minimum absolute atomic E-state index is 0.152. The Morgan fingerprint density at radius 1 is 1.26 bits per heavy atom. The molecule has 19 heavy (non-hydrogen) atoms. The molecular formula is C12H14Cl2N2O3. The van der Waals surface area contributed by atoms with Gasteiger partial charge in [-0.25, -0.2) is 4.79 Å². The van der Waals surface area contributed by atoms with Gasteiger partial charge in [-0.15, -0.1) is 11.6 Å². The second kappa shape index (κ2) is 7.86. The zero-order chi connectivity index (χ0) is 14.3. The normalized spacial score (nSPS) is 11.7. The van der Waals surface area contributed by atoms with E-state index >= 15 is 0 Å². The van der Waals surface area contributed by atoms with E-state index in [2.05, 4.69) is 10.6 Å². The predicted octanol–water partition coefficient (Wildman–Crippen LogP) is 1.87. The highest BCUT2D eigenvalue weighted by Crippen LogP contribution is 2.11. The van der Waals surface area contributed by atoms with E-state index in [0.29, 0.717) is 11.4 Å². The highest BCUT2D eigenvalue weighted by atomic mass is 35.5. The molecule has 1 atom stereocenters. The van der Waals surface area contributed by atoms with Crippen LogP contribution < -0.4 is 10.6 Å². The van der Waals surface area contributed by atoms with Gasteiger partial charge in [-0.1, -0.05) is 23.7 Å². The first-order valence-electron chi connectivity index (χ1n) is 5.58. The highest BCUT2D eigenvalue weighted by molar-refractivity contribution is 6.30. The first-order chi connectivity index (χ1) is 9.01. The standard InChI is InChI=1S/C12H14Cl2N2O3/c13-6-11(17)15-7-10(16-12(18)19)5-8-1-3-9(14)4-2-8/h1-4,10,16H,5-7H2,(H,15,17)(H,18,19)/t10-/m0/s1. The van der Waals surface area contributed by atoms with E-state index in [1.165, 1.54) is 0 Å². The van der Waals surface area contributed by atoms with Gasteiger partial charge in [-0.2, -0.15) is 0 Å². The van der Waals surface area contributed by atoms with Gasteiger partial charge in [0.05, 0.1) is 6.04 Å². The van der Waals surface area contributed by atoms with Gasteiger partial charge in [0, 0.05) is 11.6 Å². The molecule has 0 saturated carbocycles. The molecule has 0 heterocycles. The Bertz CT molecular complexity index is 437. The molecule has 0 bridgehead atoms. The van der Waals surface area contributed by atoms with Crippen molar-refractivity contribution in [2.24, 2.45) is 0 Å². The molecule has 1 aromatic carbocycles. The fourth-order valence-corrected chi connectivity index (χ4v) is 1.76. The Balaban J connectivity index is 2.60. The Labute approximate surface area is 120 Å². The summed E-state index contributed by atoms with van der Waals surface area (Å²) >= 11 is 11.1. The van der Waals surface area contributed by atoms with Crippen LogP contribution in [0.4, 0.5) is 4.79 Å². The molecule has 0 aliphatic carbocycles. The number of alkyl halides is 1. The number of nitrogens with one attached hydrogen (secondary N) is 2. The number of carbonyl (C=O) groups excluding carboxylic acids is 1. The summed E-state index contributed by atoms with van der Waals surface area (Å²) in [4.78, 5) is 21.8. The molecule has 7 heteroatoms. The highest BCUT2D eigenvalue weighted by Gasteiger charge is 2.13. The summed E-state index contributed by atoms with van der Waals surface area (Å²) in [5.74, 6) is -0.490. The summed E-state index contributed by atoms with van der Waals surface area (Å²) in [7, 11) is 0. The largest absolute Gasteiger partial charge is 0.465 e. The van der Waals surface area contributed by atoms with Crippen LogP contribution in [-0.4, -0.2) is 35.6 Å². The van der Waals surface area contributed by atoms with Crippen molar-refractivity contribution in [1.29, 1.82) is 0 Å². The minimum atomic E-state index is -1.14. The molecule has 0 aliphatic rings. The molecule has 1 aromatic rings. The summed E-state index contributed by atoms with van der Waals surface area (Å²) in [6, 6.07) is 6.65. The third-order valence-corrected chi connectivity index (χ3v) is 2.88. The molecule has 0 unspecified atom stereocenters. The second-order valence-electron chi connectivity index (χ2n) is 3.91. The van der Waals surface area contributed by atoms with Crippen LogP contribution in [0.3, 0.4) is 0 Å². The summed E-state index contributed by atoms with van der Waals surface area (Å²) in [6.45, 7) is 0.181. The molecule has 5 nitrogen and oxygen atoms in total. The van der Waals surface area contributed by atoms with Gasteiger partial charge in [0.2, 0.25) is 5.91 Å². The maximum atomic E-state index is 11.1. The number of benzene rings is 1. The van der Waals surface area contributed by atoms with Crippen LogP contribution >= 0.6 is 23.2 Å². The Morgan fingerprint density at radius 3 is 2.42 bits per heavy atom. The van der Waals surface area contributed by atoms with E-state index in [1.54, 1.807) is 12.1 Å². The Kier molecular flexibility index (Phi) is 6.45. The van der Waals surface area contributed by atoms with Crippen LogP contribution in [0.25, 0.3) is 0 Å². The number of carboxylic acid groups (broad SMARTS) is 1. The Morgan fingerprint density at radius 2 is 1.89 bits per heavy atom. The van der Waals surface area contributed by atoms with Gasteiger partial charge < -0.3 is 15.7 Å². The van der Waals surface area contributed by atoms with Crippen molar-refractivity contribution in [3.05, 3.63) is 34.9 Å². The molecule has 0 fully saturated rings. The van der Waals surface area contributed by atoms with Crippen molar-refractivity contribution in [3.63, 3.8) is 0 Å². The lowest BCUT2D eigenvalue weighted by Crippen LogP contribution is -2.44. The minimum Gasteiger partial charge on any atom is -0.465 e. The maximum absolute atomic E-state index is 11.1. The van der Waals surface area contributed by atoms with Gasteiger partial charge in [-0.05, 0) is 24.1 Å². The lowest BCUT2D eigenvalue weighted by atomic mass is 10.1. The summed E-state index contributed by atoms with van der Waals surface area (Å²) < 4.78 is 0. The van der Waals surface area contributed by atoms with Crippen molar-refractivity contribution < 1.29 is 14.7 Å². The molecule has 0 radical (unpaired) electrons. The molecule has 2 amide bonds. The monoisotopic (exact) mass is 304 g/mol. The average Bonchev–Trinajstić information content (AvgIpc) is 2.37. The van der Waals surface area contributed by atoms with E-state index < -0.39 is 12.1 Å². The summed E-state index contributed by atoms with van der Waals surface area (Å²) in [6.07, 6.45) is -0.689. The topological polar surface area (TPSA) is 78.4 Å². The molecule has 3 N–H and O–H groups in total. The molecule has 104 valence electrons. The molecule has 0 aromatic heterocycles. The SMILES string of the molecule is O=C(O)N[C@H](CNC(=O)CCl)Cc1ccc(Cl)cc1. The third kappa shape index (κ3) is 6.31. The molecule has 0 spiro atoms. The molecule has 0 aliphatic heterocycles. The zero-order valence-electron chi connectivity index (χ0n) is 10.0. The van der Waals surface area contributed by atoms with E-state index in [4.69, 9.17) is 28.3 Å². The fourth-order valence-electron chi connectivity index (χ4n) is 1.54. The van der Waals surface area contributed by atoms with Crippen LogP contribution in [0.1, 0.15) is 5.56 Å². The predicted molar refractivity (Wildman–Crippen MR) is 73.8 cm³/mol. The second-order valence-corrected chi connectivity index (χ2v) is 4.62. The number of carbonyl (C=O) groups is 2. The van der Waals surface area contributed by atoms with Crippen LogP contribution in [0.2, 0.25) is 5.02 Å². The van der Waals surface area contributed by atoms with Gasteiger partial charge >= 0.3 is 6.09 Å². The quantitative estimate of drug-likeness (QED) is 0.702. The molecule has 0 saturated heterocycles. The summed E-state index contributed by atoms with van der Waals surface area (Å²) in [5.41, 5.74) is 0.920. The molecule has 1 rings (SSSR count). The van der Waals surface area contributed by atoms with E-state index in [9.17, 15) is 9.59 Å².